The first-order chi connectivity index (χ1) is 29.4. The van der Waals surface area contributed by atoms with Crippen LogP contribution < -0.4 is 4.74 Å². The second-order valence-corrected chi connectivity index (χ2v) is 23.3. The number of halogens is 5. The van der Waals surface area contributed by atoms with Gasteiger partial charge in [-0.1, -0.05) is 165 Å². The van der Waals surface area contributed by atoms with E-state index in [4.69, 9.17) is 16.3 Å². The van der Waals surface area contributed by atoms with Gasteiger partial charge in [-0.3, -0.25) is 0 Å². The van der Waals surface area contributed by atoms with Crippen molar-refractivity contribution in [3.63, 3.8) is 0 Å². The highest BCUT2D eigenvalue weighted by molar-refractivity contribution is 9.11. The first-order valence-corrected chi connectivity index (χ1v) is 24.8. The average molecular weight is 1110 g/mol. The van der Waals surface area contributed by atoms with Crippen molar-refractivity contribution in [2.75, 3.05) is 7.11 Å². The van der Waals surface area contributed by atoms with E-state index < -0.39 is 0 Å². The predicted molar refractivity (Wildman–Crippen MR) is 287 cm³/mol. The largest absolute Gasteiger partial charge is 0.495 e. The topological polar surface area (TPSA) is 9.23 Å². The molecule has 0 radical (unpaired) electrons. The third-order valence-electron chi connectivity index (χ3n) is 12.3. The molecule has 0 aliphatic carbocycles. The molecule has 0 aromatic heterocycles. The third kappa shape index (κ3) is 9.75. The van der Waals surface area contributed by atoms with Crippen LogP contribution in [0.25, 0.3) is 66.8 Å². The maximum absolute atomic E-state index is 7.38. The lowest BCUT2D eigenvalue weighted by molar-refractivity contribution is 0.417. The Morgan fingerprint density at radius 2 is 0.635 bits per heavy atom. The van der Waals surface area contributed by atoms with Gasteiger partial charge in [-0.05, 0) is 201 Å². The molecule has 0 aliphatic heterocycles. The van der Waals surface area contributed by atoms with Crippen molar-refractivity contribution in [2.45, 2.75) is 93.9 Å². The molecule has 0 bridgehead atoms. The van der Waals surface area contributed by atoms with Crippen LogP contribution in [-0.2, 0) is 10.8 Å². The summed E-state index contributed by atoms with van der Waals surface area (Å²) in [7, 11) is 1.79. The molecule has 63 heavy (non-hydrogen) atoms. The molecule has 0 saturated heterocycles. The van der Waals surface area contributed by atoms with Crippen molar-refractivity contribution in [1.29, 1.82) is 0 Å². The van der Waals surface area contributed by atoms with Crippen LogP contribution in [0.5, 0.6) is 5.75 Å². The van der Waals surface area contributed by atoms with E-state index in [2.05, 4.69) is 244 Å². The normalized spacial score (nSPS) is 12.0. The summed E-state index contributed by atoms with van der Waals surface area (Å²) in [5.41, 5.74) is 23.1. The van der Waals surface area contributed by atoms with E-state index in [-0.39, 0.29) is 10.8 Å². The Labute approximate surface area is 414 Å². The van der Waals surface area contributed by atoms with Crippen LogP contribution in [0.4, 0.5) is 0 Å². The van der Waals surface area contributed by atoms with Gasteiger partial charge >= 0.3 is 0 Å². The third-order valence-corrected chi connectivity index (χ3v) is 14.7. The average Bonchev–Trinajstić information content (AvgIpc) is 3.17. The zero-order chi connectivity index (χ0) is 46.0. The predicted octanol–water partition coefficient (Wildman–Crippen LogP) is 19.8. The van der Waals surface area contributed by atoms with Crippen molar-refractivity contribution in [3.8, 4) is 72.5 Å². The second-order valence-electron chi connectivity index (χ2n) is 19.2. The van der Waals surface area contributed by atoms with Crippen LogP contribution in [0.15, 0.2) is 115 Å². The first-order valence-electron chi connectivity index (χ1n) is 21.3. The molecule has 0 atom stereocenters. The summed E-state index contributed by atoms with van der Waals surface area (Å²) in [6, 6.07) is 36.2. The fourth-order valence-electron chi connectivity index (χ4n) is 9.18. The van der Waals surface area contributed by atoms with Crippen molar-refractivity contribution in [3.05, 3.63) is 164 Å². The SMILES string of the molecule is COc1c(-c2cc(C)c(-c3cc(-c4cc(Br)cc(Br)c4)cc(C(C)(C)C)c3)c(C)c2)c(C)c(Cl)c(C)c1-c1cc(C)c(-c2cc(-c3cc(Br)cc(Br)c3)cc(C(C)(C)C)c2)c(C)c1. The van der Waals surface area contributed by atoms with Crippen LogP contribution in [0.2, 0.25) is 5.02 Å². The molecule has 0 unspecified atom stereocenters. The van der Waals surface area contributed by atoms with Gasteiger partial charge in [0.15, 0.2) is 0 Å². The van der Waals surface area contributed by atoms with Crippen LogP contribution >= 0.6 is 75.3 Å². The van der Waals surface area contributed by atoms with Crippen molar-refractivity contribution in [1.82, 2.24) is 0 Å². The second kappa shape index (κ2) is 18.1. The lowest BCUT2D eigenvalue weighted by Gasteiger charge is -2.25. The highest BCUT2D eigenvalue weighted by Gasteiger charge is 2.26. The quantitative estimate of drug-likeness (QED) is 0.155. The number of methoxy groups -OCH3 is 1. The van der Waals surface area contributed by atoms with Gasteiger partial charge in [0.25, 0.3) is 0 Å². The maximum atomic E-state index is 7.38. The number of aryl methyl sites for hydroxylation is 4. The van der Waals surface area contributed by atoms with E-state index in [1.54, 1.807) is 7.11 Å². The molecule has 324 valence electrons. The highest BCUT2D eigenvalue weighted by Crippen LogP contribution is 2.50. The molecule has 6 heteroatoms. The molecule has 0 N–H and O–H groups in total. The van der Waals surface area contributed by atoms with Crippen LogP contribution in [0.3, 0.4) is 0 Å². The number of rotatable bonds is 7. The lowest BCUT2D eigenvalue weighted by atomic mass is 9.81. The summed E-state index contributed by atoms with van der Waals surface area (Å²) in [6.07, 6.45) is 0. The fraction of sp³-hybridized carbons (Fsp3) is 0.263. The Morgan fingerprint density at radius 1 is 0.365 bits per heavy atom. The molecule has 0 saturated carbocycles. The lowest BCUT2D eigenvalue weighted by Crippen LogP contribution is -2.11. The van der Waals surface area contributed by atoms with E-state index in [0.29, 0.717) is 0 Å². The molecule has 1 nitrogen and oxygen atoms in total. The molecule has 0 aliphatic rings. The molecular weight excluding hydrogens is 1060 g/mol. The van der Waals surface area contributed by atoms with Gasteiger partial charge in [0.2, 0.25) is 0 Å². The van der Waals surface area contributed by atoms with Crippen molar-refractivity contribution in [2.24, 2.45) is 0 Å². The number of hydrogen-bond acceptors (Lipinski definition) is 1. The molecule has 0 heterocycles. The fourth-order valence-corrected chi connectivity index (χ4v) is 12.0. The summed E-state index contributed by atoms with van der Waals surface area (Å²) >= 11 is 22.3. The maximum Gasteiger partial charge on any atom is 0.135 e. The molecule has 7 rings (SSSR count). The van der Waals surface area contributed by atoms with E-state index in [9.17, 15) is 0 Å². The van der Waals surface area contributed by atoms with Crippen LogP contribution in [0.1, 0.15) is 86.1 Å². The zero-order valence-corrected chi connectivity index (χ0v) is 45.6. The monoisotopic (exact) mass is 1110 g/mol. The van der Waals surface area contributed by atoms with Gasteiger partial charge in [-0.25, -0.2) is 0 Å². The highest BCUT2D eigenvalue weighted by atomic mass is 79.9. The van der Waals surface area contributed by atoms with Crippen LogP contribution in [0, 0.1) is 41.5 Å². The smallest absolute Gasteiger partial charge is 0.135 e. The summed E-state index contributed by atoms with van der Waals surface area (Å²) in [4.78, 5) is 0. The Balaban J connectivity index is 1.38. The molecular formula is C57H55Br4ClO. The van der Waals surface area contributed by atoms with Crippen LogP contribution in [-0.4, -0.2) is 7.11 Å². The van der Waals surface area contributed by atoms with Gasteiger partial charge in [0.05, 0.1) is 7.11 Å². The number of ether oxygens (including phenoxy) is 1. The van der Waals surface area contributed by atoms with E-state index >= 15 is 0 Å². The van der Waals surface area contributed by atoms with E-state index in [1.165, 1.54) is 66.8 Å². The first kappa shape index (κ1) is 47.5. The minimum absolute atomic E-state index is 0.0406. The van der Waals surface area contributed by atoms with Gasteiger partial charge in [-0.15, -0.1) is 0 Å². The Hall–Kier alpha value is -3.45. The molecule has 0 fully saturated rings. The van der Waals surface area contributed by atoms with Gasteiger partial charge in [-0.2, -0.15) is 0 Å². The van der Waals surface area contributed by atoms with Crippen molar-refractivity contribution >= 4 is 75.3 Å². The molecule has 7 aromatic rings. The Kier molecular flexibility index (Phi) is 13.6. The molecule has 0 amide bonds. The molecule has 7 aromatic carbocycles. The summed E-state index contributed by atoms with van der Waals surface area (Å²) in [5, 5.41) is 0.755. The number of benzene rings is 7. The number of hydrogen-bond donors (Lipinski definition) is 0. The van der Waals surface area contributed by atoms with Gasteiger partial charge < -0.3 is 4.74 Å². The minimum Gasteiger partial charge on any atom is -0.495 e. The minimum atomic E-state index is -0.0406. The van der Waals surface area contributed by atoms with Crippen molar-refractivity contribution < 1.29 is 4.74 Å². The summed E-state index contributed by atoms with van der Waals surface area (Å²) in [5.74, 6) is 0.835. The summed E-state index contributed by atoms with van der Waals surface area (Å²) in [6.45, 7) is 26.8. The van der Waals surface area contributed by atoms with Gasteiger partial charge in [0, 0.05) is 34.0 Å². The Bertz CT molecular complexity index is 2680. The van der Waals surface area contributed by atoms with Gasteiger partial charge in [0.1, 0.15) is 5.75 Å². The zero-order valence-electron chi connectivity index (χ0n) is 38.5. The molecule has 0 spiro atoms. The summed E-state index contributed by atoms with van der Waals surface area (Å²) < 4.78 is 10.7. The van der Waals surface area contributed by atoms with E-state index in [1.807, 2.05) is 0 Å². The Morgan fingerprint density at radius 3 is 0.921 bits per heavy atom. The van der Waals surface area contributed by atoms with E-state index in [0.717, 1.165) is 73.2 Å². The standard InChI is InChI=1S/C57H55Br4ClO/c1-30-14-40(15-31(2)50(30)42-18-36(20-44(22-42)56(7,8)9)38-24-46(58)28-47(59)25-38)52-34(5)54(62)35(6)53(55(52)63-13)41-16-32(3)51(33(4)17-41)43-19-37(21-45(23-43)57(10,11)12)39-26-48(60)29-49(61)27-39/h14-29H,1-13H3.